The van der Waals surface area contributed by atoms with E-state index in [1.54, 1.807) is 24.3 Å². The molecule has 1 aromatic rings. The Kier molecular flexibility index (Phi) is 3.68. The van der Waals surface area contributed by atoms with Crippen molar-refractivity contribution in [3.8, 4) is 0 Å². The van der Waals surface area contributed by atoms with Crippen LogP contribution in [0.1, 0.15) is 16.8 Å². The van der Waals surface area contributed by atoms with E-state index in [0.29, 0.717) is 16.5 Å². The lowest BCUT2D eigenvalue weighted by molar-refractivity contribution is -0.141. The van der Waals surface area contributed by atoms with Gasteiger partial charge in [-0.2, -0.15) is 0 Å². The molecule has 1 heterocycles. The number of rotatable bonds is 2. The molecule has 96 valence electrons. The fourth-order valence-electron chi connectivity index (χ4n) is 2.12. The van der Waals surface area contributed by atoms with Gasteiger partial charge >= 0.3 is 5.97 Å². The topological polar surface area (TPSA) is 83.6 Å². The Morgan fingerprint density at radius 1 is 1.39 bits per heavy atom. The maximum atomic E-state index is 12.3. The number of nitrogens with zero attached hydrogens (tertiary/aromatic N) is 1. The molecule has 1 aromatic carbocycles. The first kappa shape index (κ1) is 13.0. The normalized spacial score (nSPS) is 23.1. The number of carbonyl (C=O) groups is 2. The van der Waals surface area contributed by atoms with Crippen molar-refractivity contribution in [1.29, 1.82) is 0 Å². The minimum atomic E-state index is -1.01. The second kappa shape index (κ2) is 5.07. The zero-order valence-corrected chi connectivity index (χ0v) is 11.1. The Morgan fingerprint density at radius 3 is 2.67 bits per heavy atom. The van der Waals surface area contributed by atoms with Gasteiger partial charge in [0.25, 0.3) is 5.91 Å². The molecule has 5 nitrogen and oxygen atoms in total. The van der Waals surface area contributed by atoms with Crippen molar-refractivity contribution in [2.75, 3.05) is 6.54 Å². The Labute approximate surface area is 113 Å². The van der Waals surface area contributed by atoms with Gasteiger partial charge < -0.3 is 15.7 Å². The monoisotopic (exact) mass is 312 g/mol. The summed E-state index contributed by atoms with van der Waals surface area (Å²) in [5.41, 5.74) is 6.19. The van der Waals surface area contributed by atoms with Gasteiger partial charge in [-0.15, -0.1) is 0 Å². The van der Waals surface area contributed by atoms with Crippen molar-refractivity contribution < 1.29 is 14.7 Å². The van der Waals surface area contributed by atoms with Crippen LogP contribution in [-0.2, 0) is 4.79 Å². The number of aliphatic carboxylic acids is 1. The van der Waals surface area contributed by atoms with Crippen molar-refractivity contribution in [1.82, 2.24) is 4.90 Å². The molecule has 1 saturated heterocycles. The number of nitrogens with two attached hydrogens (primary N) is 1. The average Bonchev–Trinajstić information content (AvgIpc) is 2.71. The number of amides is 1. The second-order valence-electron chi connectivity index (χ2n) is 4.29. The van der Waals surface area contributed by atoms with E-state index in [-0.39, 0.29) is 18.5 Å². The van der Waals surface area contributed by atoms with E-state index < -0.39 is 12.0 Å². The van der Waals surface area contributed by atoms with Gasteiger partial charge in [-0.1, -0.05) is 12.1 Å². The number of hydrogen-bond donors (Lipinski definition) is 2. The number of carboxylic acids is 1. The lowest BCUT2D eigenvalue weighted by Gasteiger charge is -2.21. The quantitative estimate of drug-likeness (QED) is 0.856. The molecule has 1 aliphatic heterocycles. The lowest BCUT2D eigenvalue weighted by Crippen LogP contribution is -2.40. The van der Waals surface area contributed by atoms with Gasteiger partial charge in [0, 0.05) is 17.1 Å². The fraction of sp³-hybridized carbons (Fsp3) is 0.333. The molecule has 0 aliphatic carbocycles. The summed E-state index contributed by atoms with van der Waals surface area (Å²) in [4.78, 5) is 24.7. The van der Waals surface area contributed by atoms with Gasteiger partial charge in [-0.05, 0) is 34.5 Å². The van der Waals surface area contributed by atoms with E-state index in [0.717, 1.165) is 0 Å². The van der Waals surface area contributed by atoms with Crippen LogP contribution in [0.2, 0.25) is 0 Å². The Morgan fingerprint density at radius 2 is 2.06 bits per heavy atom. The predicted octanol–water partition coefficient (Wildman–Crippen LogP) is 1.08. The van der Waals surface area contributed by atoms with Crippen LogP contribution < -0.4 is 5.73 Å². The highest BCUT2D eigenvalue weighted by atomic mass is 79.9. The molecule has 0 bridgehead atoms. The van der Waals surface area contributed by atoms with Crippen molar-refractivity contribution in [3.05, 3.63) is 34.3 Å². The van der Waals surface area contributed by atoms with Crippen LogP contribution in [0.5, 0.6) is 0 Å². The van der Waals surface area contributed by atoms with E-state index in [1.165, 1.54) is 4.90 Å². The van der Waals surface area contributed by atoms with Gasteiger partial charge in [0.05, 0.1) is 5.56 Å². The maximum Gasteiger partial charge on any atom is 0.326 e. The molecule has 3 N–H and O–H groups in total. The summed E-state index contributed by atoms with van der Waals surface area (Å²) in [5.74, 6) is -1.31. The minimum Gasteiger partial charge on any atom is -0.480 e. The van der Waals surface area contributed by atoms with Crippen LogP contribution in [0.15, 0.2) is 28.7 Å². The summed E-state index contributed by atoms with van der Waals surface area (Å²) >= 11 is 3.29. The van der Waals surface area contributed by atoms with E-state index in [9.17, 15) is 9.59 Å². The zero-order chi connectivity index (χ0) is 13.3. The van der Waals surface area contributed by atoms with Crippen molar-refractivity contribution >= 4 is 27.8 Å². The van der Waals surface area contributed by atoms with Crippen LogP contribution in [0.3, 0.4) is 0 Å². The smallest absolute Gasteiger partial charge is 0.326 e. The molecule has 2 atom stereocenters. The molecule has 18 heavy (non-hydrogen) atoms. The standard InChI is InChI=1S/C12H13BrN2O3/c13-9-4-2-1-3-8(9)11(16)15-6-7(14)5-10(15)12(17)18/h1-4,7,10H,5-6,14H2,(H,17,18). The molecule has 0 aromatic heterocycles. The molecular formula is C12H13BrN2O3. The van der Waals surface area contributed by atoms with E-state index in [4.69, 9.17) is 10.8 Å². The van der Waals surface area contributed by atoms with Crippen LogP contribution in [0.4, 0.5) is 0 Å². The molecule has 0 radical (unpaired) electrons. The Bertz CT molecular complexity index is 492. The maximum absolute atomic E-state index is 12.3. The highest BCUT2D eigenvalue weighted by Gasteiger charge is 2.38. The Hall–Kier alpha value is -1.40. The highest BCUT2D eigenvalue weighted by molar-refractivity contribution is 9.10. The third-order valence-corrected chi connectivity index (χ3v) is 3.68. The number of carboxylic acid groups (broad SMARTS) is 1. The number of benzene rings is 1. The third-order valence-electron chi connectivity index (χ3n) is 2.98. The molecule has 2 unspecified atom stereocenters. The number of likely N-dealkylation sites (tertiary alicyclic amines) is 1. The first-order chi connectivity index (χ1) is 8.50. The molecule has 0 spiro atoms. The summed E-state index contributed by atoms with van der Waals surface area (Å²) in [5, 5.41) is 9.11. The second-order valence-corrected chi connectivity index (χ2v) is 5.14. The third kappa shape index (κ3) is 2.39. The van der Waals surface area contributed by atoms with Crippen LogP contribution in [0.25, 0.3) is 0 Å². The van der Waals surface area contributed by atoms with Gasteiger partial charge in [-0.3, -0.25) is 4.79 Å². The van der Waals surface area contributed by atoms with Gasteiger partial charge in [0.1, 0.15) is 6.04 Å². The SMILES string of the molecule is NC1CC(C(=O)O)N(C(=O)c2ccccc2Br)C1. The molecule has 0 saturated carbocycles. The van der Waals surface area contributed by atoms with Gasteiger partial charge in [0.15, 0.2) is 0 Å². The van der Waals surface area contributed by atoms with Gasteiger partial charge in [-0.25, -0.2) is 4.79 Å². The molecule has 1 fully saturated rings. The lowest BCUT2D eigenvalue weighted by atomic mass is 10.1. The van der Waals surface area contributed by atoms with E-state index in [2.05, 4.69) is 15.9 Å². The van der Waals surface area contributed by atoms with Crippen molar-refractivity contribution in [2.24, 2.45) is 5.73 Å². The minimum absolute atomic E-state index is 0.275. The summed E-state index contributed by atoms with van der Waals surface area (Å²) in [6.07, 6.45) is 0.297. The first-order valence-electron chi connectivity index (χ1n) is 5.54. The number of hydrogen-bond acceptors (Lipinski definition) is 3. The number of halogens is 1. The molecular weight excluding hydrogens is 300 g/mol. The zero-order valence-electron chi connectivity index (χ0n) is 9.54. The molecule has 2 rings (SSSR count). The number of carbonyl (C=O) groups excluding carboxylic acids is 1. The summed E-state index contributed by atoms with van der Waals surface area (Å²) in [6, 6.07) is 5.83. The van der Waals surface area contributed by atoms with Crippen molar-refractivity contribution in [3.63, 3.8) is 0 Å². The van der Waals surface area contributed by atoms with Crippen LogP contribution >= 0.6 is 15.9 Å². The summed E-state index contributed by atoms with van der Waals surface area (Å²) < 4.78 is 0.652. The average molecular weight is 313 g/mol. The van der Waals surface area contributed by atoms with Gasteiger partial charge in [0.2, 0.25) is 0 Å². The van der Waals surface area contributed by atoms with Crippen LogP contribution in [0, 0.1) is 0 Å². The largest absolute Gasteiger partial charge is 0.480 e. The summed E-state index contributed by atoms with van der Waals surface area (Å²) in [6.45, 7) is 0.275. The van der Waals surface area contributed by atoms with Crippen LogP contribution in [-0.4, -0.2) is 40.5 Å². The molecule has 6 heteroatoms. The fourth-order valence-corrected chi connectivity index (χ4v) is 2.57. The highest BCUT2D eigenvalue weighted by Crippen LogP contribution is 2.23. The van der Waals surface area contributed by atoms with E-state index in [1.807, 2.05) is 0 Å². The van der Waals surface area contributed by atoms with Crippen molar-refractivity contribution in [2.45, 2.75) is 18.5 Å². The Balaban J connectivity index is 2.28. The molecule has 1 amide bonds. The summed E-state index contributed by atoms with van der Waals surface area (Å²) in [7, 11) is 0. The molecule has 1 aliphatic rings. The van der Waals surface area contributed by atoms with E-state index >= 15 is 0 Å². The predicted molar refractivity (Wildman–Crippen MR) is 69.2 cm³/mol. The first-order valence-corrected chi connectivity index (χ1v) is 6.34.